The smallest absolute Gasteiger partial charge is 0.262 e. The summed E-state index contributed by atoms with van der Waals surface area (Å²) in [7, 11) is 0. The van der Waals surface area contributed by atoms with Crippen LogP contribution in [0.4, 0.5) is 8.78 Å². The molecule has 0 bridgehead atoms. The van der Waals surface area contributed by atoms with Crippen LogP contribution in [0.5, 0.6) is 0 Å². The first kappa shape index (κ1) is 19.6. The van der Waals surface area contributed by atoms with Gasteiger partial charge < -0.3 is 4.52 Å². The summed E-state index contributed by atoms with van der Waals surface area (Å²) in [6, 6.07) is 13.4. The van der Waals surface area contributed by atoms with E-state index in [1.54, 1.807) is 6.20 Å². The Morgan fingerprint density at radius 1 is 1.00 bits per heavy atom. The van der Waals surface area contributed by atoms with Crippen LogP contribution in [0.3, 0.4) is 0 Å². The topological polar surface area (TPSA) is 56.7 Å². The molecule has 0 aliphatic heterocycles. The van der Waals surface area contributed by atoms with Crippen molar-refractivity contribution in [3.8, 4) is 34.1 Å². The fourth-order valence-corrected chi connectivity index (χ4v) is 4.43. The first-order valence-electron chi connectivity index (χ1n) is 10.5. The Morgan fingerprint density at radius 2 is 1.81 bits per heavy atom. The maximum absolute atomic E-state index is 14.2. The van der Waals surface area contributed by atoms with E-state index in [2.05, 4.69) is 21.7 Å². The zero-order valence-electron chi connectivity index (χ0n) is 17.1. The molecule has 0 radical (unpaired) electrons. The molecule has 5 nitrogen and oxygen atoms in total. The number of rotatable bonds is 4. The Hall–Kier alpha value is -3.35. The highest BCUT2D eigenvalue weighted by atomic mass is 19.1. The SMILES string of the molecule is C[C@H]1CCCCC1n1ncc(-c2nc(-c3cc(F)ccc3F)no2)c1-c1ccccc1. The molecular weight excluding hydrogens is 398 g/mol. The first-order valence-corrected chi connectivity index (χ1v) is 10.5. The number of benzene rings is 2. The van der Waals surface area contributed by atoms with Gasteiger partial charge in [0.05, 0.1) is 29.1 Å². The summed E-state index contributed by atoms with van der Waals surface area (Å²) in [5, 5.41) is 8.62. The van der Waals surface area contributed by atoms with Crippen LogP contribution in [0, 0.1) is 17.6 Å². The molecule has 5 rings (SSSR count). The van der Waals surface area contributed by atoms with Gasteiger partial charge in [-0.25, -0.2) is 8.78 Å². The van der Waals surface area contributed by atoms with E-state index in [1.165, 1.54) is 12.8 Å². The van der Waals surface area contributed by atoms with Gasteiger partial charge in [0.15, 0.2) is 0 Å². The van der Waals surface area contributed by atoms with Gasteiger partial charge in [0.1, 0.15) is 11.6 Å². The van der Waals surface area contributed by atoms with Crippen molar-refractivity contribution in [3.63, 3.8) is 0 Å². The van der Waals surface area contributed by atoms with Crippen LogP contribution in [-0.2, 0) is 0 Å². The average Bonchev–Trinajstić information content (AvgIpc) is 3.44. The maximum Gasteiger partial charge on any atom is 0.262 e. The van der Waals surface area contributed by atoms with Gasteiger partial charge in [-0.3, -0.25) is 4.68 Å². The molecule has 0 N–H and O–H groups in total. The third kappa shape index (κ3) is 3.65. The Bertz CT molecular complexity index is 1200. The van der Waals surface area contributed by atoms with Gasteiger partial charge >= 0.3 is 0 Å². The molecule has 0 saturated heterocycles. The molecule has 1 unspecified atom stereocenters. The summed E-state index contributed by atoms with van der Waals surface area (Å²) in [6.45, 7) is 2.26. The van der Waals surface area contributed by atoms with Crippen LogP contribution in [0.15, 0.2) is 59.3 Å². The minimum absolute atomic E-state index is 0.00444. The molecule has 0 amide bonds. The van der Waals surface area contributed by atoms with E-state index in [0.29, 0.717) is 11.5 Å². The lowest BCUT2D eigenvalue weighted by Crippen LogP contribution is -2.22. The Kier molecular flexibility index (Phi) is 5.10. The van der Waals surface area contributed by atoms with Crippen molar-refractivity contribution in [2.45, 2.75) is 38.6 Å². The summed E-state index contributed by atoms with van der Waals surface area (Å²) >= 11 is 0. The molecular formula is C24H22F2N4O. The van der Waals surface area contributed by atoms with Crippen molar-refractivity contribution in [1.29, 1.82) is 0 Å². The molecule has 158 valence electrons. The van der Waals surface area contributed by atoms with Gasteiger partial charge in [0.2, 0.25) is 5.82 Å². The number of hydrogen-bond acceptors (Lipinski definition) is 4. The lowest BCUT2D eigenvalue weighted by Gasteiger charge is -2.30. The van der Waals surface area contributed by atoms with Gasteiger partial charge in [0, 0.05) is 5.56 Å². The molecule has 0 spiro atoms. The number of aromatic nitrogens is 4. The lowest BCUT2D eigenvalue weighted by atomic mass is 9.85. The summed E-state index contributed by atoms with van der Waals surface area (Å²) in [5.74, 6) is -0.434. The Labute approximate surface area is 178 Å². The second kappa shape index (κ2) is 8.06. The predicted molar refractivity (Wildman–Crippen MR) is 113 cm³/mol. The van der Waals surface area contributed by atoms with Gasteiger partial charge in [-0.15, -0.1) is 0 Å². The normalized spacial score (nSPS) is 18.9. The molecule has 4 aromatic rings. The molecule has 2 aromatic heterocycles. The van der Waals surface area contributed by atoms with Crippen molar-refractivity contribution in [1.82, 2.24) is 19.9 Å². The van der Waals surface area contributed by atoms with E-state index in [0.717, 1.165) is 42.3 Å². The monoisotopic (exact) mass is 420 g/mol. The van der Waals surface area contributed by atoms with Crippen molar-refractivity contribution >= 4 is 0 Å². The van der Waals surface area contributed by atoms with Crippen LogP contribution in [0.1, 0.15) is 38.6 Å². The van der Waals surface area contributed by atoms with E-state index < -0.39 is 11.6 Å². The third-order valence-electron chi connectivity index (χ3n) is 6.05. The number of halogens is 2. The van der Waals surface area contributed by atoms with Crippen LogP contribution in [0.25, 0.3) is 34.1 Å². The van der Waals surface area contributed by atoms with Crippen LogP contribution >= 0.6 is 0 Å². The molecule has 2 atom stereocenters. The molecule has 1 aliphatic carbocycles. The van der Waals surface area contributed by atoms with Crippen molar-refractivity contribution in [2.24, 2.45) is 5.92 Å². The van der Waals surface area contributed by atoms with Gasteiger partial charge in [-0.05, 0) is 37.0 Å². The second-order valence-electron chi connectivity index (χ2n) is 8.09. The van der Waals surface area contributed by atoms with Crippen LogP contribution in [0.2, 0.25) is 0 Å². The summed E-state index contributed by atoms with van der Waals surface area (Å²) in [4.78, 5) is 4.38. The summed E-state index contributed by atoms with van der Waals surface area (Å²) < 4.78 is 35.4. The Morgan fingerprint density at radius 3 is 2.61 bits per heavy atom. The highest BCUT2D eigenvalue weighted by Crippen LogP contribution is 2.40. The van der Waals surface area contributed by atoms with Gasteiger partial charge in [0.25, 0.3) is 5.89 Å². The van der Waals surface area contributed by atoms with Crippen molar-refractivity contribution in [3.05, 3.63) is 66.4 Å². The quantitative estimate of drug-likeness (QED) is 0.389. The first-order chi connectivity index (χ1) is 15.1. The van der Waals surface area contributed by atoms with E-state index in [4.69, 9.17) is 9.62 Å². The van der Waals surface area contributed by atoms with Crippen LogP contribution in [-0.4, -0.2) is 19.9 Å². The highest BCUT2D eigenvalue weighted by molar-refractivity contribution is 5.77. The third-order valence-corrected chi connectivity index (χ3v) is 6.05. The maximum atomic E-state index is 14.2. The summed E-state index contributed by atoms with van der Waals surface area (Å²) in [6.07, 6.45) is 6.35. The fraction of sp³-hybridized carbons (Fsp3) is 0.292. The molecule has 2 heterocycles. The largest absolute Gasteiger partial charge is 0.333 e. The zero-order chi connectivity index (χ0) is 21.4. The minimum atomic E-state index is -0.608. The zero-order valence-corrected chi connectivity index (χ0v) is 17.1. The van der Waals surface area contributed by atoms with Crippen molar-refractivity contribution in [2.75, 3.05) is 0 Å². The molecule has 1 fully saturated rings. The Balaban J connectivity index is 1.62. The highest BCUT2D eigenvalue weighted by Gasteiger charge is 2.29. The molecule has 7 heteroatoms. The number of hydrogen-bond donors (Lipinski definition) is 0. The average molecular weight is 420 g/mol. The van der Waals surface area contributed by atoms with Crippen LogP contribution < -0.4 is 0 Å². The predicted octanol–water partition coefficient (Wildman–Crippen LogP) is 6.30. The van der Waals surface area contributed by atoms with Gasteiger partial charge in [-0.1, -0.05) is 55.3 Å². The van der Waals surface area contributed by atoms with E-state index in [-0.39, 0.29) is 23.3 Å². The fourth-order valence-electron chi connectivity index (χ4n) is 4.43. The number of nitrogens with zero attached hydrogens (tertiary/aromatic N) is 4. The molecule has 31 heavy (non-hydrogen) atoms. The van der Waals surface area contributed by atoms with E-state index >= 15 is 0 Å². The van der Waals surface area contributed by atoms with Crippen molar-refractivity contribution < 1.29 is 13.3 Å². The minimum Gasteiger partial charge on any atom is -0.333 e. The lowest BCUT2D eigenvalue weighted by molar-refractivity contribution is 0.242. The second-order valence-corrected chi connectivity index (χ2v) is 8.09. The van der Waals surface area contributed by atoms with E-state index in [9.17, 15) is 8.78 Å². The van der Waals surface area contributed by atoms with E-state index in [1.807, 2.05) is 30.3 Å². The van der Waals surface area contributed by atoms with Gasteiger partial charge in [-0.2, -0.15) is 10.1 Å². The molecule has 2 aromatic carbocycles. The standard InChI is InChI=1S/C24H22F2N4O/c1-15-7-5-6-10-21(15)30-22(16-8-3-2-4-9-16)19(14-27-30)24-28-23(29-31-24)18-13-17(25)11-12-20(18)26/h2-4,8-9,11-15,21H,5-7,10H2,1H3/t15-,21?/m0/s1. The molecule has 1 saturated carbocycles. The summed E-state index contributed by atoms with van der Waals surface area (Å²) in [5.41, 5.74) is 2.53. The molecule has 1 aliphatic rings.